The van der Waals surface area contributed by atoms with Gasteiger partial charge in [0.15, 0.2) is 0 Å². The third-order valence-corrected chi connectivity index (χ3v) is 3.06. The normalized spacial score (nSPS) is 13.1. The number of hydrogen-bond donors (Lipinski definition) is 1. The average molecular weight is 248 g/mol. The molecule has 0 spiro atoms. The van der Waals surface area contributed by atoms with Crippen molar-refractivity contribution in [1.29, 1.82) is 0 Å². The maximum atomic E-state index is 5.47. The van der Waals surface area contributed by atoms with Gasteiger partial charge in [-0.2, -0.15) is 0 Å². The first-order chi connectivity index (χ1) is 8.68. The van der Waals surface area contributed by atoms with E-state index < -0.39 is 0 Å². The molecule has 0 saturated heterocycles. The van der Waals surface area contributed by atoms with E-state index in [9.17, 15) is 0 Å². The first-order valence-corrected chi connectivity index (χ1v) is 6.04. The maximum Gasteiger partial charge on any atom is 0.122 e. The number of rotatable bonds is 6. The summed E-state index contributed by atoms with van der Waals surface area (Å²) in [4.78, 5) is 6.25. The van der Waals surface area contributed by atoms with Crippen LogP contribution in [0.25, 0.3) is 0 Å². The fraction of sp³-hybridized carbons (Fsp3) is 0.462. The Morgan fingerprint density at radius 2 is 2.33 bits per heavy atom. The van der Waals surface area contributed by atoms with Gasteiger partial charge in [0.1, 0.15) is 5.76 Å². The Labute approximate surface area is 107 Å². The van der Waals surface area contributed by atoms with E-state index in [2.05, 4.69) is 29.3 Å². The van der Waals surface area contributed by atoms with Crippen molar-refractivity contribution in [2.75, 3.05) is 20.6 Å². The van der Waals surface area contributed by atoms with E-state index >= 15 is 0 Å². The minimum absolute atomic E-state index is 0.244. The van der Waals surface area contributed by atoms with Gasteiger partial charge in [-0.25, -0.2) is 4.98 Å². The van der Waals surface area contributed by atoms with Crippen LogP contribution in [0.3, 0.4) is 0 Å². The quantitative estimate of drug-likeness (QED) is 0.839. The lowest BCUT2D eigenvalue weighted by molar-refractivity contribution is 0.250. The van der Waals surface area contributed by atoms with Crippen LogP contribution in [0.1, 0.15) is 17.5 Å². The summed E-state index contributed by atoms with van der Waals surface area (Å²) >= 11 is 0. The lowest BCUT2D eigenvalue weighted by atomic mass is 10.2. The summed E-state index contributed by atoms with van der Waals surface area (Å²) in [6.07, 6.45) is 5.41. The van der Waals surface area contributed by atoms with Crippen molar-refractivity contribution < 1.29 is 4.42 Å². The molecule has 1 unspecified atom stereocenters. The first-order valence-electron chi connectivity index (χ1n) is 6.04. The van der Waals surface area contributed by atoms with Gasteiger partial charge in [-0.15, -0.1) is 0 Å². The Morgan fingerprint density at radius 1 is 1.50 bits per heavy atom. The van der Waals surface area contributed by atoms with E-state index in [1.807, 2.05) is 36.3 Å². The second-order valence-electron chi connectivity index (χ2n) is 4.62. The number of likely N-dealkylation sites (N-methyl/N-ethyl adjacent to an activating group) is 1. The summed E-state index contributed by atoms with van der Waals surface area (Å²) in [5, 5.41) is 3.44. The third kappa shape index (κ3) is 3.00. The molecule has 1 N–H and O–H groups in total. The predicted molar refractivity (Wildman–Crippen MR) is 70.1 cm³/mol. The molecule has 0 bridgehead atoms. The van der Waals surface area contributed by atoms with Gasteiger partial charge in [0.05, 0.1) is 24.3 Å². The molecule has 0 aliphatic heterocycles. The van der Waals surface area contributed by atoms with Crippen LogP contribution in [0.5, 0.6) is 0 Å². The zero-order valence-electron chi connectivity index (χ0n) is 11.1. The van der Waals surface area contributed by atoms with Gasteiger partial charge < -0.3 is 14.3 Å². The Hall–Kier alpha value is -1.59. The largest absolute Gasteiger partial charge is 0.468 e. The lowest BCUT2D eigenvalue weighted by Crippen LogP contribution is -2.30. The molecule has 2 rings (SSSR count). The molecule has 0 saturated carbocycles. The minimum atomic E-state index is 0.244. The number of aryl methyl sites for hydroxylation is 1. The Morgan fingerprint density at radius 3 is 2.89 bits per heavy atom. The molecule has 1 atom stereocenters. The van der Waals surface area contributed by atoms with Crippen molar-refractivity contribution in [2.24, 2.45) is 7.05 Å². The summed E-state index contributed by atoms with van der Waals surface area (Å²) in [7, 11) is 6.11. The van der Waals surface area contributed by atoms with Gasteiger partial charge in [0.2, 0.25) is 0 Å². The van der Waals surface area contributed by atoms with Gasteiger partial charge in [-0.3, -0.25) is 4.90 Å². The summed E-state index contributed by atoms with van der Waals surface area (Å²) in [5.74, 6) is 0.984. The molecule has 0 radical (unpaired) electrons. The Kier molecular flexibility index (Phi) is 4.17. The van der Waals surface area contributed by atoms with Crippen LogP contribution >= 0.6 is 0 Å². The van der Waals surface area contributed by atoms with Gasteiger partial charge in [0, 0.05) is 26.3 Å². The zero-order chi connectivity index (χ0) is 13.0. The van der Waals surface area contributed by atoms with Crippen molar-refractivity contribution in [1.82, 2.24) is 19.8 Å². The molecular formula is C13H20N4O. The fourth-order valence-corrected chi connectivity index (χ4v) is 1.91. The number of hydrogen-bond acceptors (Lipinski definition) is 4. The smallest absolute Gasteiger partial charge is 0.122 e. The third-order valence-electron chi connectivity index (χ3n) is 3.06. The highest BCUT2D eigenvalue weighted by Gasteiger charge is 2.16. The second-order valence-corrected chi connectivity index (χ2v) is 4.62. The Bertz CT molecular complexity index is 461. The van der Waals surface area contributed by atoms with Gasteiger partial charge >= 0.3 is 0 Å². The van der Waals surface area contributed by atoms with Gasteiger partial charge in [0.25, 0.3) is 0 Å². The molecule has 2 heterocycles. The summed E-state index contributed by atoms with van der Waals surface area (Å²) in [6.45, 7) is 1.65. The van der Waals surface area contributed by atoms with Gasteiger partial charge in [-0.1, -0.05) is 0 Å². The van der Waals surface area contributed by atoms with E-state index in [0.717, 1.165) is 18.8 Å². The SMILES string of the molecule is CN(C)C(CNCc1cncn1C)c1ccco1. The second kappa shape index (κ2) is 5.84. The first kappa shape index (κ1) is 12.9. The highest BCUT2D eigenvalue weighted by Crippen LogP contribution is 2.17. The molecule has 5 heteroatoms. The lowest BCUT2D eigenvalue weighted by Gasteiger charge is -2.22. The standard InChI is InChI=1S/C13H20N4O/c1-16(2)12(13-5-4-6-18-13)9-14-7-11-8-15-10-17(11)3/h4-6,8,10,12,14H,7,9H2,1-3H3. The van der Waals surface area contributed by atoms with Crippen LogP contribution < -0.4 is 5.32 Å². The number of imidazole rings is 1. The predicted octanol–water partition coefficient (Wildman–Crippen LogP) is 1.41. The van der Waals surface area contributed by atoms with Gasteiger partial charge in [-0.05, 0) is 26.2 Å². The summed E-state index contributed by atoms with van der Waals surface area (Å²) < 4.78 is 7.49. The van der Waals surface area contributed by atoms with Crippen LogP contribution in [0.4, 0.5) is 0 Å². The molecule has 0 amide bonds. The van der Waals surface area contributed by atoms with Crippen molar-refractivity contribution in [2.45, 2.75) is 12.6 Å². The molecule has 0 aliphatic carbocycles. The number of furan rings is 1. The molecule has 5 nitrogen and oxygen atoms in total. The van der Waals surface area contributed by atoms with Crippen molar-refractivity contribution in [3.05, 3.63) is 42.4 Å². The van der Waals surface area contributed by atoms with E-state index in [1.54, 1.807) is 6.26 Å². The number of nitrogens with one attached hydrogen (secondary N) is 1. The zero-order valence-corrected chi connectivity index (χ0v) is 11.1. The highest BCUT2D eigenvalue weighted by molar-refractivity contribution is 5.05. The van der Waals surface area contributed by atoms with Crippen LogP contribution in [-0.4, -0.2) is 35.1 Å². The van der Waals surface area contributed by atoms with Crippen molar-refractivity contribution >= 4 is 0 Å². The maximum absolute atomic E-state index is 5.47. The molecular weight excluding hydrogens is 228 g/mol. The van der Waals surface area contributed by atoms with Crippen molar-refractivity contribution in [3.63, 3.8) is 0 Å². The number of nitrogens with zero attached hydrogens (tertiary/aromatic N) is 3. The van der Waals surface area contributed by atoms with Crippen molar-refractivity contribution in [3.8, 4) is 0 Å². The van der Waals surface area contributed by atoms with Crippen LogP contribution in [0.2, 0.25) is 0 Å². The average Bonchev–Trinajstić information content (AvgIpc) is 2.96. The van der Waals surface area contributed by atoms with E-state index in [1.165, 1.54) is 5.69 Å². The minimum Gasteiger partial charge on any atom is -0.468 e. The van der Waals surface area contributed by atoms with E-state index in [0.29, 0.717) is 0 Å². The van der Waals surface area contributed by atoms with Crippen LogP contribution in [0.15, 0.2) is 35.3 Å². The van der Waals surface area contributed by atoms with E-state index in [4.69, 9.17) is 4.42 Å². The monoisotopic (exact) mass is 248 g/mol. The fourth-order valence-electron chi connectivity index (χ4n) is 1.91. The summed E-state index contributed by atoms with van der Waals surface area (Å²) in [5.41, 5.74) is 1.17. The number of aromatic nitrogens is 2. The molecule has 2 aromatic heterocycles. The van der Waals surface area contributed by atoms with E-state index in [-0.39, 0.29) is 6.04 Å². The highest BCUT2D eigenvalue weighted by atomic mass is 16.3. The molecule has 0 aliphatic rings. The van der Waals surface area contributed by atoms with Crippen LogP contribution in [-0.2, 0) is 13.6 Å². The molecule has 98 valence electrons. The van der Waals surface area contributed by atoms with Crippen LogP contribution in [0, 0.1) is 0 Å². The summed E-state index contributed by atoms with van der Waals surface area (Å²) in [6, 6.07) is 4.18. The topological polar surface area (TPSA) is 46.2 Å². The molecule has 18 heavy (non-hydrogen) atoms. The molecule has 0 fully saturated rings. The molecule has 0 aromatic carbocycles. The Balaban J connectivity index is 1.89. The molecule has 2 aromatic rings.